The number of allylic oxidation sites excluding steroid dienone is 1. The zero-order valence-corrected chi connectivity index (χ0v) is 26.9. The molecule has 1 saturated heterocycles. The number of carbonyl (C=O) groups is 1. The van der Waals surface area contributed by atoms with Crippen LogP contribution in [0.2, 0.25) is 0 Å². The highest BCUT2D eigenvalue weighted by atomic mass is 32.2. The first-order chi connectivity index (χ1) is 21.8. The molecule has 9 heteroatoms. The van der Waals surface area contributed by atoms with E-state index in [2.05, 4.69) is 59.3 Å². The number of benzene rings is 3. The Kier molecular flexibility index (Phi) is 8.46. The van der Waals surface area contributed by atoms with Crippen LogP contribution >= 0.6 is 11.3 Å². The highest BCUT2D eigenvalue weighted by Crippen LogP contribution is 2.42. The van der Waals surface area contributed by atoms with Gasteiger partial charge in [0, 0.05) is 22.8 Å². The van der Waals surface area contributed by atoms with Crippen LogP contribution in [0.5, 0.6) is 0 Å². The average Bonchev–Trinajstić information content (AvgIpc) is 3.56. The van der Waals surface area contributed by atoms with Crippen LogP contribution in [0.25, 0.3) is 33.2 Å². The number of anilines is 1. The Morgan fingerprint density at radius 3 is 2.62 bits per heavy atom. The van der Waals surface area contributed by atoms with Crippen molar-refractivity contribution in [3.8, 4) is 21.6 Å². The molecular weight excluding hydrogens is 605 g/mol. The van der Waals surface area contributed by atoms with E-state index in [1.165, 1.54) is 48.9 Å². The maximum Gasteiger partial charge on any atom is 0.266 e. The average molecular weight is 641 g/mol. The van der Waals surface area contributed by atoms with Crippen molar-refractivity contribution in [3.05, 3.63) is 99.9 Å². The Balaban J connectivity index is 1.14. The summed E-state index contributed by atoms with van der Waals surface area (Å²) in [5, 5.41) is 1.17. The summed E-state index contributed by atoms with van der Waals surface area (Å²) in [6.07, 6.45) is 9.58. The van der Waals surface area contributed by atoms with Crippen molar-refractivity contribution in [2.24, 2.45) is 0 Å². The minimum absolute atomic E-state index is 0.412. The van der Waals surface area contributed by atoms with Gasteiger partial charge in [0.1, 0.15) is 0 Å². The molecule has 1 fully saturated rings. The summed E-state index contributed by atoms with van der Waals surface area (Å²) in [6, 6.07) is 25.3. The highest BCUT2D eigenvalue weighted by molar-refractivity contribution is 7.88. The Morgan fingerprint density at radius 1 is 0.933 bits per heavy atom. The lowest BCUT2D eigenvalue weighted by Crippen LogP contribution is -2.43. The number of fused-ring (bicyclic) bond motifs is 5. The van der Waals surface area contributed by atoms with E-state index in [4.69, 9.17) is 9.57 Å². The van der Waals surface area contributed by atoms with Crippen molar-refractivity contribution in [3.63, 3.8) is 0 Å². The van der Waals surface area contributed by atoms with Crippen LogP contribution in [0.1, 0.15) is 52.8 Å². The van der Waals surface area contributed by atoms with Crippen molar-refractivity contribution in [2.45, 2.75) is 51.2 Å². The number of hydrogen-bond acceptors (Lipinski definition) is 6. The highest BCUT2D eigenvalue weighted by Gasteiger charge is 2.26. The number of hydrogen-bond donors (Lipinski definition) is 1. The largest absolute Gasteiger partial charge is 0.350 e. The third kappa shape index (κ3) is 6.55. The van der Waals surface area contributed by atoms with Crippen LogP contribution in [0.15, 0.2) is 72.8 Å². The van der Waals surface area contributed by atoms with Gasteiger partial charge in [0.2, 0.25) is 10.0 Å². The molecule has 1 N–H and O–H groups in total. The molecule has 1 aromatic heterocycles. The third-order valence-corrected chi connectivity index (χ3v) is 10.6. The molecule has 2 heterocycles. The topological polar surface area (TPSA) is 84.9 Å². The van der Waals surface area contributed by atoms with Gasteiger partial charge in [-0.05, 0) is 107 Å². The first-order valence-corrected chi connectivity index (χ1v) is 18.2. The van der Waals surface area contributed by atoms with Crippen LogP contribution in [0.3, 0.4) is 0 Å². The van der Waals surface area contributed by atoms with Crippen LogP contribution < -0.4 is 9.79 Å². The molecule has 3 aliphatic rings. The second-order valence-electron chi connectivity index (χ2n) is 11.9. The first kappa shape index (κ1) is 30.1. The molecule has 0 saturated carbocycles. The van der Waals surface area contributed by atoms with E-state index in [-0.39, 0.29) is 0 Å². The van der Waals surface area contributed by atoms with Crippen LogP contribution in [-0.4, -0.2) is 40.0 Å². The Bertz CT molecular complexity index is 1890. The van der Waals surface area contributed by atoms with E-state index in [9.17, 15) is 13.2 Å². The molecule has 45 heavy (non-hydrogen) atoms. The molecule has 1 unspecified atom stereocenters. The van der Waals surface area contributed by atoms with Crippen molar-refractivity contribution in [1.29, 1.82) is 0 Å². The van der Waals surface area contributed by atoms with E-state index >= 15 is 0 Å². The van der Waals surface area contributed by atoms with Crippen LogP contribution in [-0.2, 0) is 43.7 Å². The molecule has 0 bridgehead atoms. The number of ether oxygens (including phenoxy) is 1. The number of amides is 1. The van der Waals surface area contributed by atoms with Crippen LogP contribution in [0.4, 0.5) is 5.69 Å². The molecule has 232 valence electrons. The van der Waals surface area contributed by atoms with Gasteiger partial charge in [-0.15, -0.1) is 11.3 Å². The smallest absolute Gasteiger partial charge is 0.266 e. The summed E-state index contributed by atoms with van der Waals surface area (Å²) < 4.78 is 31.4. The lowest BCUT2D eigenvalue weighted by Gasteiger charge is -2.29. The molecule has 1 atom stereocenters. The second kappa shape index (κ2) is 12.7. The van der Waals surface area contributed by atoms with Gasteiger partial charge in [-0.2, -0.15) is 5.06 Å². The standard InChI is InChI=1S/C36H36N2O5S2/c1-45(40,41)37-23-35(39)38(43-36-11-4-5-20-42-36)28-9-6-8-26(22-28)33-18-19-34(44-33)27-14-15-30-25(21-27)13-17-31-29-10-3-2-7-24(29)12-16-32(30)31/h2-3,6-10,13,17-19,21-22,36-37H,4-5,11-12,14-16,20,23H2,1H3. The van der Waals surface area contributed by atoms with E-state index < -0.39 is 28.8 Å². The normalized spacial score (nSPS) is 17.5. The third-order valence-electron chi connectivity index (χ3n) is 8.75. The monoisotopic (exact) mass is 640 g/mol. The maximum absolute atomic E-state index is 13.2. The molecule has 7 nitrogen and oxygen atoms in total. The summed E-state index contributed by atoms with van der Waals surface area (Å²) >= 11 is 1.74. The minimum atomic E-state index is -3.55. The molecule has 7 rings (SSSR count). The van der Waals surface area contributed by atoms with Crippen molar-refractivity contribution in [1.82, 2.24) is 4.72 Å². The summed E-state index contributed by atoms with van der Waals surface area (Å²) in [5.74, 6) is -0.518. The fourth-order valence-corrected chi connectivity index (χ4v) is 7.98. The lowest BCUT2D eigenvalue weighted by molar-refractivity contribution is -0.177. The fourth-order valence-electron chi connectivity index (χ4n) is 6.55. The van der Waals surface area contributed by atoms with Gasteiger partial charge in [0.15, 0.2) is 6.29 Å². The van der Waals surface area contributed by atoms with E-state index in [1.807, 2.05) is 18.2 Å². The van der Waals surface area contributed by atoms with Gasteiger partial charge in [-0.3, -0.25) is 4.79 Å². The summed E-state index contributed by atoms with van der Waals surface area (Å²) in [4.78, 5) is 21.5. The Labute approximate surface area is 268 Å². The molecule has 0 radical (unpaired) electrons. The molecule has 3 aromatic carbocycles. The fraction of sp³-hybridized carbons (Fsp3) is 0.306. The molecule has 4 aromatic rings. The molecule has 2 aliphatic carbocycles. The molecular formula is C36H36N2O5S2. The second-order valence-corrected chi connectivity index (χ2v) is 14.8. The quantitative estimate of drug-likeness (QED) is 0.210. The number of hydroxylamine groups is 1. The summed E-state index contributed by atoms with van der Waals surface area (Å²) in [5.41, 5.74) is 11.4. The Morgan fingerprint density at radius 2 is 1.78 bits per heavy atom. The zero-order chi connectivity index (χ0) is 31.0. The zero-order valence-electron chi connectivity index (χ0n) is 25.3. The first-order valence-electron chi connectivity index (χ1n) is 15.5. The van der Waals surface area contributed by atoms with E-state index in [1.54, 1.807) is 17.4 Å². The van der Waals surface area contributed by atoms with Gasteiger partial charge in [0.05, 0.1) is 18.5 Å². The maximum atomic E-state index is 13.2. The Hall–Kier alpha value is -3.60. The van der Waals surface area contributed by atoms with E-state index in [0.717, 1.165) is 55.2 Å². The molecule has 1 amide bonds. The number of nitrogens with zero attached hydrogens (tertiary/aromatic N) is 1. The van der Waals surface area contributed by atoms with E-state index in [0.29, 0.717) is 18.7 Å². The number of nitrogens with one attached hydrogen (secondary N) is 1. The number of thiophene rings is 1. The molecule has 0 spiro atoms. The SMILES string of the molecule is CS(=O)(=O)NCC(=O)N(OC1CCCCO1)c1cccc(-c2ccc(C3=Cc4ccc5c(c4CC3)CCc3ccccc3-5)s2)c1. The van der Waals surface area contributed by atoms with Crippen molar-refractivity contribution < 1.29 is 22.8 Å². The minimum Gasteiger partial charge on any atom is -0.350 e. The van der Waals surface area contributed by atoms with Gasteiger partial charge >= 0.3 is 0 Å². The summed E-state index contributed by atoms with van der Waals surface area (Å²) in [6.45, 7) is 0.146. The lowest BCUT2D eigenvalue weighted by atomic mass is 9.78. The van der Waals surface area contributed by atoms with Gasteiger partial charge in [0.25, 0.3) is 5.91 Å². The number of carbonyl (C=O) groups excluding carboxylic acids is 1. The number of sulfonamides is 1. The summed E-state index contributed by atoms with van der Waals surface area (Å²) in [7, 11) is -3.55. The van der Waals surface area contributed by atoms with Gasteiger partial charge in [-0.1, -0.05) is 54.6 Å². The molecule has 1 aliphatic heterocycles. The number of rotatable bonds is 8. The predicted octanol–water partition coefficient (Wildman–Crippen LogP) is 7.01. The van der Waals surface area contributed by atoms with Crippen molar-refractivity contribution in [2.75, 3.05) is 24.5 Å². The van der Waals surface area contributed by atoms with Gasteiger partial charge in [-0.25, -0.2) is 18.0 Å². The predicted molar refractivity (Wildman–Crippen MR) is 180 cm³/mol. The number of aryl methyl sites for hydroxylation is 1. The van der Waals surface area contributed by atoms with Crippen LogP contribution in [0, 0.1) is 0 Å². The van der Waals surface area contributed by atoms with Gasteiger partial charge < -0.3 is 4.74 Å². The van der Waals surface area contributed by atoms with Crippen molar-refractivity contribution >= 4 is 44.6 Å².